The summed E-state index contributed by atoms with van der Waals surface area (Å²) in [6, 6.07) is 21.6. The van der Waals surface area contributed by atoms with E-state index < -0.39 is 17.6 Å². The molecule has 3 N–H and O–H groups in total. The minimum absolute atomic E-state index is 0.0486. The van der Waals surface area contributed by atoms with Crippen molar-refractivity contribution in [3.63, 3.8) is 0 Å². The van der Waals surface area contributed by atoms with Gasteiger partial charge >= 0.3 is 0 Å². The molecule has 4 aromatic rings. The van der Waals surface area contributed by atoms with Gasteiger partial charge in [0.05, 0.1) is 26.7 Å². The second-order valence-electron chi connectivity index (χ2n) is 10.8. The van der Waals surface area contributed by atoms with Gasteiger partial charge in [0, 0.05) is 40.8 Å². The monoisotopic (exact) mass is 554 g/mol. The summed E-state index contributed by atoms with van der Waals surface area (Å²) < 4.78 is 29.7. The number of aromatic hydroxyl groups is 2. The van der Waals surface area contributed by atoms with Crippen molar-refractivity contribution in [1.29, 1.82) is 0 Å². The molecule has 8 nitrogen and oxygen atoms in total. The quantitative estimate of drug-likeness (QED) is 0.323. The molecule has 0 bridgehead atoms. The zero-order valence-corrected chi connectivity index (χ0v) is 22.7. The molecule has 0 aliphatic carbocycles. The molecule has 0 radical (unpaired) electrons. The molecule has 0 saturated heterocycles. The number of methoxy groups -OCH3 is 2. The molecule has 210 valence electrons. The normalized spacial score (nSPS) is 23.8. The van der Waals surface area contributed by atoms with Gasteiger partial charge in [-0.15, -0.1) is 0 Å². The van der Waals surface area contributed by atoms with Crippen LogP contribution >= 0.6 is 0 Å². The summed E-state index contributed by atoms with van der Waals surface area (Å²) in [5.41, 5.74) is 2.63. The number of hydrogen-bond acceptors (Lipinski definition) is 8. The first-order valence-electron chi connectivity index (χ1n) is 13.5. The molecule has 0 fully saturated rings. The van der Waals surface area contributed by atoms with Crippen LogP contribution in [0.15, 0.2) is 72.8 Å². The van der Waals surface area contributed by atoms with E-state index in [2.05, 4.69) is 6.07 Å². The van der Waals surface area contributed by atoms with E-state index in [1.165, 1.54) is 0 Å². The minimum atomic E-state index is -1.52. The van der Waals surface area contributed by atoms with Crippen LogP contribution in [0.2, 0.25) is 0 Å². The topological polar surface area (TPSA) is 107 Å². The highest BCUT2D eigenvalue weighted by atomic mass is 16.6. The summed E-state index contributed by atoms with van der Waals surface area (Å²) in [6.07, 6.45) is -0.0168. The molecule has 4 atom stereocenters. The molecular weight excluding hydrogens is 524 g/mol. The maximum atomic E-state index is 12.8. The van der Waals surface area contributed by atoms with Crippen molar-refractivity contribution in [2.75, 3.05) is 27.4 Å². The third-order valence-electron chi connectivity index (χ3n) is 8.51. The molecule has 0 aromatic heterocycles. The van der Waals surface area contributed by atoms with Gasteiger partial charge in [-0.05, 0) is 47.9 Å². The number of phenolic OH excluding ortho intramolecular Hbond substituents is 2. The zero-order valence-electron chi connectivity index (χ0n) is 22.7. The number of rotatable bonds is 4. The lowest BCUT2D eigenvalue weighted by Crippen LogP contribution is -2.56. The first-order valence-corrected chi connectivity index (χ1v) is 13.5. The third kappa shape index (κ3) is 4.01. The molecule has 3 aliphatic rings. The van der Waals surface area contributed by atoms with Crippen molar-refractivity contribution >= 4 is 0 Å². The van der Waals surface area contributed by atoms with Crippen LogP contribution in [-0.2, 0) is 12.0 Å². The average Bonchev–Trinajstić information content (AvgIpc) is 2.99. The number of fused-ring (bicyclic) bond motifs is 5. The molecule has 3 heterocycles. The third-order valence-corrected chi connectivity index (χ3v) is 8.51. The van der Waals surface area contributed by atoms with E-state index in [9.17, 15) is 15.3 Å². The number of ether oxygens (including phenoxy) is 5. The summed E-state index contributed by atoms with van der Waals surface area (Å²) in [5, 5.41) is 33.0. The van der Waals surface area contributed by atoms with Crippen molar-refractivity contribution in [3.05, 3.63) is 101 Å². The zero-order chi connectivity index (χ0) is 28.3. The van der Waals surface area contributed by atoms with Crippen molar-refractivity contribution < 1.29 is 39.0 Å². The SMILES string of the molecule is COc1ccc2c(c1)OCC1Oc3cc(O)ccc3C(c3cc(C4COc5cc(O)ccc5C4)ccc3OC)C21O. The van der Waals surface area contributed by atoms with Crippen molar-refractivity contribution in [1.82, 2.24) is 0 Å². The Morgan fingerprint density at radius 3 is 2.34 bits per heavy atom. The number of hydrogen-bond donors (Lipinski definition) is 3. The highest BCUT2D eigenvalue weighted by molar-refractivity contribution is 5.59. The highest BCUT2D eigenvalue weighted by Gasteiger charge is 2.56. The Balaban J connectivity index is 1.39. The lowest BCUT2D eigenvalue weighted by atomic mass is 9.67. The minimum Gasteiger partial charge on any atom is -0.508 e. The Hall–Kier alpha value is -4.56. The Bertz CT molecular complexity index is 1650. The van der Waals surface area contributed by atoms with E-state index in [0.717, 1.165) is 28.7 Å². The van der Waals surface area contributed by atoms with Gasteiger partial charge in [-0.1, -0.05) is 24.3 Å². The molecule has 0 spiro atoms. The summed E-state index contributed by atoms with van der Waals surface area (Å²) >= 11 is 0. The van der Waals surface area contributed by atoms with Crippen molar-refractivity contribution in [2.45, 2.75) is 30.0 Å². The molecule has 7 rings (SSSR count). The lowest BCUT2D eigenvalue weighted by molar-refractivity contribution is -0.120. The van der Waals surface area contributed by atoms with Crippen LogP contribution in [-0.4, -0.2) is 48.9 Å². The van der Waals surface area contributed by atoms with Gasteiger partial charge in [0.15, 0.2) is 6.10 Å². The summed E-state index contributed by atoms with van der Waals surface area (Å²) in [7, 11) is 3.20. The highest BCUT2D eigenvalue weighted by Crippen LogP contribution is 2.57. The van der Waals surface area contributed by atoms with Crippen LogP contribution in [0.4, 0.5) is 0 Å². The van der Waals surface area contributed by atoms with Crippen LogP contribution in [0, 0.1) is 0 Å². The molecule has 0 saturated carbocycles. The van der Waals surface area contributed by atoms with Crippen LogP contribution in [0.5, 0.6) is 40.2 Å². The Morgan fingerprint density at radius 1 is 0.756 bits per heavy atom. The van der Waals surface area contributed by atoms with E-state index in [-0.39, 0.29) is 24.0 Å². The predicted octanol–water partition coefficient (Wildman–Crippen LogP) is 5.01. The molecular formula is C33H30O8. The van der Waals surface area contributed by atoms with Gasteiger partial charge in [0.2, 0.25) is 0 Å². The van der Waals surface area contributed by atoms with Gasteiger partial charge in [-0.3, -0.25) is 0 Å². The molecule has 8 heteroatoms. The largest absolute Gasteiger partial charge is 0.508 e. The van der Waals surface area contributed by atoms with E-state index in [4.69, 9.17) is 23.7 Å². The van der Waals surface area contributed by atoms with Gasteiger partial charge in [-0.25, -0.2) is 0 Å². The maximum Gasteiger partial charge on any atom is 0.166 e. The Labute approximate surface area is 237 Å². The lowest BCUT2D eigenvalue weighted by Gasteiger charge is -2.49. The summed E-state index contributed by atoms with van der Waals surface area (Å²) in [5.74, 6) is 2.62. The van der Waals surface area contributed by atoms with E-state index in [0.29, 0.717) is 40.9 Å². The fraction of sp³-hybridized carbons (Fsp3) is 0.273. The Kier molecular flexibility index (Phi) is 5.90. The van der Waals surface area contributed by atoms with Crippen LogP contribution in [0.3, 0.4) is 0 Å². The molecule has 41 heavy (non-hydrogen) atoms. The maximum absolute atomic E-state index is 12.8. The van der Waals surface area contributed by atoms with Crippen LogP contribution in [0.1, 0.15) is 39.7 Å². The summed E-state index contributed by atoms with van der Waals surface area (Å²) in [4.78, 5) is 0. The second kappa shape index (κ2) is 9.52. The molecule has 4 unspecified atom stereocenters. The fourth-order valence-electron chi connectivity index (χ4n) is 6.48. The average molecular weight is 555 g/mol. The summed E-state index contributed by atoms with van der Waals surface area (Å²) in [6.45, 7) is 0.550. The molecule has 0 amide bonds. The second-order valence-corrected chi connectivity index (χ2v) is 10.8. The van der Waals surface area contributed by atoms with Crippen LogP contribution < -0.4 is 23.7 Å². The molecule has 3 aliphatic heterocycles. The van der Waals surface area contributed by atoms with Gasteiger partial charge in [0.25, 0.3) is 0 Å². The number of phenols is 2. The van der Waals surface area contributed by atoms with Crippen molar-refractivity contribution in [3.8, 4) is 40.2 Å². The number of benzene rings is 4. The van der Waals surface area contributed by atoms with Gasteiger partial charge in [-0.2, -0.15) is 0 Å². The van der Waals surface area contributed by atoms with Gasteiger partial charge < -0.3 is 39.0 Å². The standard InChI is InChI=1S/C33H30O8/c1-37-23-7-9-26-30(15-23)40-17-31-33(26,36)32(24-8-6-22(35)14-29(24)41-31)25-12-18(4-10-27(25)38-2)20-11-19-3-5-21(34)13-28(19)39-16-20/h3-10,12-15,20,31-32,34-36H,11,16-17H2,1-2H3. The fourth-order valence-corrected chi connectivity index (χ4v) is 6.48. The molecule has 4 aromatic carbocycles. The smallest absolute Gasteiger partial charge is 0.166 e. The van der Waals surface area contributed by atoms with E-state index >= 15 is 0 Å². The Morgan fingerprint density at radius 2 is 1.54 bits per heavy atom. The van der Waals surface area contributed by atoms with E-state index in [1.54, 1.807) is 56.7 Å². The van der Waals surface area contributed by atoms with E-state index in [1.807, 2.05) is 24.3 Å². The van der Waals surface area contributed by atoms with Crippen molar-refractivity contribution in [2.24, 2.45) is 0 Å². The number of aliphatic hydroxyl groups is 1. The first kappa shape index (κ1) is 25.4. The van der Waals surface area contributed by atoms with Crippen LogP contribution in [0.25, 0.3) is 0 Å². The first-order chi connectivity index (χ1) is 19.9. The van der Waals surface area contributed by atoms with Gasteiger partial charge in [0.1, 0.15) is 52.5 Å². The predicted molar refractivity (Wildman–Crippen MR) is 150 cm³/mol.